The van der Waals surface area contributed by atoms with Crippen LogP contribution in [0.3, 0.4) is 0 Å². The Morgan fingerprint density at radius 2 is 1.63 bits per heavy atom. The van der Waals surface area contributed by atoms with E-state index in [0.29, 0.717) is 12.8 Å². The van der Waals surface area contributed by atoms with Crippen molar-refractivity contribution in [3.8, 4) is 0 Å². The molecule has 2 nitrogen and oxygen atoms in total. The van der Waals surface area contributed by atoms with Gasteiger partial charge in [-0.3, -0.25) is 9.59 Å². The molecule has 27 heavy (non-hydrogen) atoms. The van der Waals surface area contributed by atoms with Crippen molar-refractivity contribution in [1.29, 1.82) is 0 Å². The van der Waals surface area contributed by atoms with Gasteiger partial charge in [0.2, 0.25) is 0 Å². The van der Waals surface area contributed by atoms with Crippen molar-refractivity contribution in [2.24, 2.45) is 11.3 Å². The van der Waals surface area contributed by atoms with E-state index < -0.39 is 5.41 Å². The molecule has 0 amide bonds. The molecule has 1 saturated carbocycles. The normalized spacial score (nSPS) is 23.1. The number of rotatable bonds is 2. The van der Waals surface area contributed by atoms with Gasteiger partial charge in [0.15, 0.2) is 11.6 Å². The second kappa shape index (κ2) is 6.30. The Bertz CT molecular complexity index is 914. The molecule has 1 spiro atoms. The number of carbonyl (C=O) groups is 2. The van der Waals surface area contributed by atoms with Crippen molar-refractivity contribution in [3.05, 3.63) is 76.9 Å². The van der Waals surface area contributed by atoms with Crippen LogP contribution >= 0.6 is 0 Å². The molecule has 1 fully saturated rings. The van der Waals surface area contributed by atoms with E-state index >= 15 is 0 Å². The summed E-state index contributed by atoms with van der Waals surface area (Å²) in [5.41, 5.74) is 3.12. The van der Waals surface area contributed by atoms with Crippen molar-refractivity contribution >= 4 is 17.6 Å². The van der Waals surface area contributed by atoms with Crippen LogP contribution in [-0.2, 0) is 21.4 Å². The molecule has 2 aromatic rings. The van der Waals surface area contributed by atoms with Gasteiger partial charge in [0.25, 0.3) is 0 Å². The van der Waals surface area contributed by atoms with Gasteiger partial charge in [0, 0.05) is 18.8 Å². The highest BCUT2D eigenvalue weighted by atomic mass is 16.2. The summed E-state index contributed by atoms with van der Waals surface area (Å²) in [5, 5.41) is 0. The summed E-state index contributed by atoms with van der Waals surface area (Å²) in [5.74, 6) is 0.0775. The number of hydrogen-bond acceptors (Lipinski definition) is 2. The lowest BCUT2D eigenvalue weighted by Crippen LogP contribution is -2.53. The zero-order valence-electron chi connectivity index (χ0n) is 16.3. The summed E-state index contributed by atoms with van der Waals surface area (Å²) in [6.45, 7) is 6.11. The maximum absolute atomic E-state index is 13.5. The average molecular weight is 358 g/mol. The van der Waals surface area contributed by atoms with Gasteiger partial charge >= 0.3 is 0 Å². The molecular formula is C25H26O2. The highest BCUT2D eigenvalue weighted by molar-refractivity contribution is 6.16. The number of benzene rings is 2. The maximum atomic E-state index is 13.5. The van der Waals surface area contributed by atoms with Gasteiger partial charge in [-0.15, -0.1) is 0 Å². The molecule has 2 aliphatic carbocycles. The Kier molecular flexibility index (Phi) is 4.18. The number of carbonyl (C=O) groups excluding carboxylic acids is 2. The Morgan fingerprint density at radius 1 is 0.963 bits per heavy atom. The quantitative estimate of drug-likeness (QED) is 0.702. The summed E-state index contributed by atoms with van der Waals surface area (Å²) in [4.78, 5) is 26.9. The minimum Gasteiger partial charge on any atom is -0.298 e. The molecular weight excluding hydrogens is 332 g/mol. The van der Waals surface area contributed by atoms with E-state index in [0.717, 1.165) is 23.1 Å². The maximum Gasteiger partial charge on any atom is 0.152 e. The summed E-state index contributed by atoms with van der Waals surface area (Å²) in [6.07, 6.45) is 5.83. The molecule has 1 unspecified atom stereocenters. The van der Waals surface area contributed by atoms with E-state index in [1.54, 1.807) is 0 Å². The van der Waals surface area contributed by atoms with Crippen LogP contribution in [0.2, 0.25) is 0 Å². The second-order valence-electron chi connectivity index (χ2n) is 8.91. The molecule has 2 aliphatic rings. The molecule has 2 aromatic carbocycles. The molecule has 0 bridgehead atoms. The topological polar surface area (TPSA) is 34.1 Å². The van der Waals surface area contributed by atoms with E-state index in [-0.39, 0.29) is 22.9 Å². The van der Waals surface area contributed by atoms with Crippen LogP contribution in [0.4, 0.5) is 0 Å². The van der Waals surface area contributed by atoms with Crippen molar-refractivity contribution in [1.82, 2.24) is 0 Å². The smallest absolute Gasteiger partial charge is 0.152 e. The van der Waals surface area contributed by atoms with Crippen LogP contribution in [-0.4, -0.2) is 11.6 Å². The predicted molar refractivity (Wildman–Crippen MR) is 109 cm³/mol. The van der Waals surface area contributed by atoms with Gasteiger partial charge < -0.3 is 0 Å². The number of allylic oxidation sites excluding steroid dienone is 1. The van der Waals surface area contributed by atoms with E-state index in [1.807, 2.05) is 56.3 Å². The van der Waals surface area contributed by atoms with E-state index in [4.69, 9.17) is 0 Å². The number of hydrogen-bond donors (Lipinski definition) is 0. The monoisotopic (exact) mass is 358 g/mol. The van der Waals surface area contributed by atoms with Gasteiger partial charge in [-0.1, -0.05) is 80.1 Å². The average Bonchev–Trinajstić information content (AvgIpc) is 2.92. The molecule has 138 valence electrons. The van der Waals surface area contributed by atoms with Crippen molar-refractivity contribution in [2.45, 2.75) is 45.4 Å². The molecule has 0 saturated heterocycles. The first kappa shape index (κ1) is 17.9. The Hall–Kier alpha value is -2.48. The van der Waals surface area contributed by atoms with Gasteiger partial charge in [0.1, 0.15) is 5.41 Å². The second-order valence-corrected chi connectivity index (χ2v) is 8.91. The van der Waals surface area contributed by atoms with Crippen LogP contribution in [0, 0.1) is 18.3 Å². The Labute approximate surface area is 161 Å². The summed E-state index contributed by atoms with van der Waals surface area (Å²) in [7, 11) is 0. The molecule has 0 aromatic heterocycles. The first-order valence-corrected chi connectivity index (χ1v) is 9.73. The van der Waals surface area contributed by atoms with Crippen LogP contribution in [0.1, 0.15) is 48.9 Å². The molecule has 1 atom stereocenters. The third kappa shape index (κ3) is 2.88. The van der Waals surface area contributed by atoms with Gasteiger partial charge in [-0.2, -0.15) is 0 Å². The number of aryl methyl sites for hydroxylation is 1. The molecule has 2 heteroatoms. The number of Topliss-reactive ketones (excluding diaryl/α,β-unsaturated/α-hetero) is 2. The fourth-order valence-electron chi connectivity index (χ4n) is 4.95. The minimum absolute atomic E-state index is 0.0917. The van der Waals surface area contributed by atoms with Gasteiger partial charge in [0.05, 0.1) is 0 Å². The van der Waals surface area contributed by atoms with Crippen molar-refractivity contribution < 1.29 is 9.59 Å². The molecule has 0 radical (unpaired) electrons. The summed E-state index contributed by atoms with van der Waals surface area (Å²) in [6, 6.07) is 16.3. The van der Waals surface area contributed by atoms with E-state index in [2.05, 4.69) is 25.1 Å². The zero-order valence-corrected chi connectivity index (χ0v) is 16.3. The van der Waals surface area contributed by atoms with Crippen molar-refractivity contribution in [3.63, 3.8) is 0 Å². The zero-order chi connectivity index (χ0) is 19.2. The van der Waals surface area contributed by atoms with Crippen LogP contribution < -0.4 is 0 Å². The van der Waals surface area contributed by atoms with Gasteiger partial charge in [-0.25, -0.2) is 0 Å². The lowest BCUT2D eigenvalue weighted by Gasteiger charge is -2.42. The molecule has 0 N–H and O–H groups in total. The summed E-state index contributed by atoms with van der Waals surface area (Å²) < 4.78 is 0. The fourth-order valence-corrected chi connectivity index (χ4v) is 4.95. The lowest BCUT2D eigenvalue weighted by atomic mass is 9.58. The predicted octanol–water partition coefficient (Wildman–Crippen LogP) is 5.08. The highest BCUT2D eigenvalue weighted by Crippen LogP contribution is 2.52. The summed E-state index contributed by atoms with van der Waals surface area (Å²) >= 11 is 0. The van der Waals surface area contributed by atoms with Crippen LogP contribution in [0.5, 0.6) is 0 Å². The first-order valence-electron chi connectivity index (χ1n) is 9.73. The van der Waals surface area contributed by atoms with E-state index in [1.165, 1.54) is 5.56 Å². The Morgan fingerprint density at radius 3 is 2.30 bits per heavy atom. The number of fused-ring (bicyclic) bond motifs is 2. The van der Waals surface area contributed by atoms with Crippen LogP contribution in [0.15, 0.2) is 54.6 Å². The molecule has 4 rings (SSSR count). The third-order valence-electron chi connectivity index (χ3n) is 6.16. The first-order chi connectivity index (χ1) is 12.8. The standard InChI is InChI=1S/C25H26O2/c1-17-9-12-21-19(13-17)14-20(11-10-18-7-5-4-6-8-18)25(21)22(26)15-24(2,3)16-23(25)27/h4-13,20H,14-16H2,1-3H3/b11-10+. The van der Waals surface area contributed by atoms with Crippen LogP contribution in [0.25, 0.3) is 6.08 Å². The fraction of sp³-hybridized carbons (Fsp3) is 0.360. The SMILES string of the molecule is Cc1ccc2c(c1)CC(/C=C/c1ccccc1)C21C(=O)CC(C)(C)CC1=O. The minimum atomic E-state index is -0.996. The third-order valence-corrected chi connectivity index (χ3v) is 6.16. The largest absolute Gasteiger partial charge is 0.298 e. The number of ketones is 2. The highest BCUT2D eigenvalue weighted by Gasteiger charge is 2.59. The van der Waals surface area contributed by atoms with Gasteiger partial charge in [-0.05, 0) is 35.4 Å². The lowest BCUT2D eigenvalue weighted by molar-refractivity contribution is -0.143. The van der Waals surface area contributed by atoms with Crippen molar-refractivity contribution in [2.75, 3.05) is 0 Å². The Balaban J connectivity index is 1.83. The molecule has 0 aliphatic heterocycles. The molecule has 0 heterocycles. The van der Waals surface area contributed by atoms with E-state index in [9.17, 15) is 9.59 Å².